The van der Waals surface area contributed by atoms with E-state index in [1.165, 1.54) is 11.3 Å². The summed E-state index contributed by atoms with van der Waals surface area (Å²) in [5, 5.41) is 0.808. The molecule has 0 spiro atoms. The minimum absolute atomic E-state index is 0.0331. The van der Waals surface area contributed by atoms with Gasteiger partial charge in [0.2, 0.25) is 0 Å². The molecule has 0 aliphatic carbocycles. The molecule has 21 heavy (non-hydrogen) atoms. The third kappa shape index (κ3) is 4.59. The Bertz CT molecular complexity index is 472. The van der Waals surface area contributed by atoms with Gasteiger partial charge in [0.05, 0.1) is 0 Å². The Hall–Kier alpha value is -1.30. The summed E-state index contributed by atoms with van der Waals surface area (Å²) in [5.41, 5.74) is 5.94. The van der Waals surface area contributed by atoms with Gasteiger partial charge in [0.15, 0.2) is 5.13 Å². The Balaban J connectivity index is 2.87. The topological polar surface area (TPSA) is 62.5 Å². The van der Waals surface area contributed by atoms with Crippen molar-refractivity contribution in [2.24, 2.45) is 5.92 Å². The van der Waals surface area contributed by atoms with Gasteiger partial charge in [0.25, 0.3) is 5.91 Å². The van der Waals surface area contributed by atoms with E-state index in [4.69, 9.17) is 5.73 Å². The van der Waals surface area contributed by atoms with Gasteiger partial charge >= 0.3 is 0 Å². The molecule has 1 aromatic rings. The summed E-state index contributed by atoms with van der Waals surface area (Å²) >= 11 is 1.38. The number of carbonyl (C=O) groups is 1. The Labute approximate surface area is 132 Å². The molecule has 120 valence electrons. The number of hydrogen-bond donors (Lipinski definition) is 1. The zero-order valence-electron chi connectivity index (χ0n) is 14.0. The molecule has 1 rings (SSSR count). The van der Waals surface area contributed by atoms with E-state index in [1.807, 2.05) is 19.0 Å². The van der Waals surface area contributed by atoms with E-state index in [1.54, 1.807) is 4.90 Å². The SMILES string of the molecule is CCCN(C)c1nc(N)c(C(=O)N(C)C(C)CC(C)C)s1. The van der Waals surface area contributed by atoms with Crippen molar-refractivity contribution in [3.63, 3.8) is 0 Å². The van der Waals surface area contributed by atoms with Crippen molar-refractivity contribution in [2.75, 3.05) is 31.3 Å². The summed E-state index contributed by atoms with van der Waals surface area (Å²) < 4.78 is 0. The number of hydrogen-bond acceptors (Lipinski definition) is 5. The maximum atomic E-state index is 12.6. The maximum absolute atomic E-state index is 12.6. The Morgan fingerprint density at radius 1 is 1.33 bits per heavy atom. The molecule has 6 heteroatoms. The van der Waals surface area contributed by atoms with Crippen LogP contribution in [0.3, 0.4) is 0 Å². The second-order valence-electron chi connectivity index (χ2n) is 6.03. The van der Waals surface area contributed by atoms with Crippen LogP contribution in [0.25, 0.3) is 0 Å². The lowest BCUT2D eigenvalue weighted by Gasteiger charge is -2.25. The van der Waals surface area contributed by atoms with Gasteiger partial charge in [-0.05, 0) is 25.7 Å². The maximum Gasteiger partial charge on any atom is 0.267 e. The molecule has 0 fully saturated rings. The van der Waals surface area contributed by atoms with Crippen LogP contribution in [0.15, 0.2) is 0 Å². The summed E-state index contributed by atoms with van der Waals surface area (Å²) in [6, 6.07) is 0.191. The van der Waals surface area contributed by atoms with Gasteiger partial charge in [-0.25, -0.2) is 4.98 Å². The summed E-state index contributed by atoms with van der Waals surface area (Å²) in [7, 11) is 3.81. The minimum atomic E-state index is -0.0331. The number of carbonyl (C=O) groups excluding carboxylic acids is 1. The van der Waals surface area contributed by atoms with Gasteiger partial charge in [-0.15, -0.1) is 0 Å². The van der Waals surface area contributed by atoms with E-state index in [0.717, 1.165) is 24.5 Å². The average molecular weight is 312 g/mol. The lowest BCUT2D eigenvalue weighted by molar-refractivity contribution is 0.0734. The highest BCUT2D eigenvalue weighted by atomic mass is 32.1. The Morgan fingerprint density at radius 2 is 1.95 bits per heavy atom. The van der Waals surface area contributed by atoms with Crippen LogP contribution in [0.5, 0.6) is 0 Å². The van der Waals surface area contributed by atoms with Gasteiger partial charge in [-0.3, -0.25) is 4.79 Å². The molecular weight excluding hydrogens is 284 g/mol. The molecule has 2 N–H and O–H groups in total. The number of anilines is 2. The number of rotatable bonds is 7. The second-order valence-corrected chi connectivity index (χ2v) is 7.00. The second kappa shape index (κ2) is 7.64. The molecule has 1 atom stereocenters. The largest absolute Gasteiger partial charge is 0.382 e. The van der Waals surface area contributed by atoms with Crippen LogP contribution in [0.2, 0.25) is 0 Å². The van der Waals surface area contributed by atoms with Crippen LogP contribution < -0.4 is 10.6 Å². The number of thiazole rings is 1. The van der Waals surface area contributed by atoms with Crippen LogP contribution in [-0.2, 0) is 0 Å². The average Bonchev–Trinajstić information content (AvgIpc) is 2.78. The van der Waals surface area contributed by atoms with Crippen LogP contribution in [-0.4, -0.2) is 42.5 Å². The number of nitrogen functional groups attached to an aromatic ring is 1. The van der Waals surface area contributed by atoms with Crippen LogP contribution in [0.4, 0.5) is 10.9 Å². The quantitative estimate of drug-likeness (QED) is 0.840. The first-order valence-corrected chi connectivity index (χ1v) is 8.34. The van der Waals surface area contributed by atoms with Gasteiger partial charge < -0.3 is 15.5 Å². The first-order chi connectivity index (χ1) is 9.77. The number of nitrogens with two attached hydrogens (primary N) is 1. The number of nitrogens with zero attached hydrogens (tertiary/aromatic N) is 3. The van der Waals surface area contributed by atoms with E-state index in [9.17, 15) is 4.79 Å². The standard InChI is InChI=1S/C15H28N4OS/c1-7-8-18(5)15-17-13(16)12(21-15)14(20)19(6)11(4)9-10(2)3/h10-11H,7-9,16H2,1-6H3. The summed E-state index contributed by atoms with van der Waals surface area (Å²) in [6.07, 6.45) is 2.01. The first kappa shape index (κ1) is 17.8. The summed E-state index contributed by atoms with van der Waals surface area (Å²) in [6.45, 7) is 9.40. The molecular formula is C15H28N4OS. The normalized spacial score (nSPS) is 12.5. The fourth-order valence-corrected chi connectivity index (χ4v) is 3.22. The zero-order valence-corrected chi connectivity index (χ0v) is 14.8. The molecule has 0 aliphatic heterocycles. The van der Waals surface area contributed by atoms with Crippen LogP contribution in [0, 0.1) is 5.92 Å². The smallest absolute Gasteiger partial charge is 0.267 e. The van der Waals surface area contributed by atoms with Gasteiger partial charge in [-0.1, -0.05) is 32.1 Å². The minimum Gasteiger partial charge on any atom is -0.382 e. The highest BCUT2D eigenvalue weighted by Gasteiger charge is 2.24. The molecule has 5 nitrogen and oxygen atoms in total. The lowest BCUT2D eigenvalue weighted by atomic mass is 10.0. The first-order valence-electron chi connectivity index (χ1n) is 7.52. The van der Waals surface area contributed by atoms with E-state index in [0.29, 0.717) is 16.6 Å². The third-order valence-electron chi connectivity index (χ3n) is 3.52. The van der Waals surface area contributed by atoms with Crippen molar-refractivity contribution >= 4 is 28.2 Å². The van der Waals surface area contributed by atoms with Crippen molar-refractivity contribution in [1.29, 1.82) is 0 Å². The van der Waals surface area contributed by atoms with Crippen LogP contribution in [0.1, 0.15) is 50.2 Å². The van der Waals surface area contributed by atoms with E-state index in [-0.39, 0.29) is 11.9 Å². The summed E-state index contributed by atoms with van der Waals surface area (Å²) in [5.74, 6) is 0.862. The zero-order chi connectivity index (χ0) is 16.2. The molecule has 0 aromatic carbocycles. The Kier molecular flexibility index (Phi) is 6.45. The van der Waals surface area contributed by atoms with Crippen molar-refractivity contribution < 1.29 is 4.79 Å². The molecule has 0 aliphatic rings. The van der Waals surface area contributed by atoms with E-state index in [2.05, 4.69) is 32.7 Å². The highest BCUT2D eigenvalue weighted by Crippen LogP contribution is 2.29. The van der Waals surface area contributed by atoms with E-state index < -0.39 is 0 Å². The molecule has 1 amide bonds. The molecule has 1 heterocycles. The van der Waals surface area contributed by atoms with Crippen molar-refractivity contribution in [3.05, 3.63) is 4.88 Å². The molecule has 0 bridgehead atoms. The predicted octanol–water partition coefficient (Wildman–Crippen LogP) is 3.08. The fraction of sp³-hybridized carbons (Fsp3) is 0.733. The van der Waals surface area contributed by atoms with E-state index >= 15 is 0 Å². The lowest BCUT2D eigenvalue weighted by Crippen LogP contribution is -2.35. The molecule has 0 saturated heterocycles. The van der Waals surface area contributed by atoms with Crippen molar-refractivity contribution in [1.82, 2.24) is 9.88 Å². The van der Waals surface area contributed by atoms with Gasteiger partial charge in [0.1, 0.15) is 10.7 Å². The van der Waals surface area contributed by atoms with Gasteiger partial charge in [-0.2, -0.15) is 0 Å². The fourth-order valence-electron chi connectivity index (χ4n) is 2.27. The molecule has 0 saturated carbocycles. The van der Waals surface area contributed by atoms with Crippen molar-refractivity contribution in [3.8, 4) is 0 Å². The van der Waals surface area contributed by atoms with Gasteiger partial charge in [0, 0.05) is 26.7 Å². The highest BCUT2D eigenvalue weighted by molar-refractivity contribution is 7.18. The molecule has 0 radical (unpaired) electrons. The van der Waals surface area contributed by atoms with Crippen LogP contribution >= 0.6 is 11.3 Å². The van der Waals surface area contributed by atoms with Crippen molar-refractivity contribution in [2.45, 2.75) is 46.6 Å². The summed E-state index contributed by atoms with van der Waals surface area (Å²) in [4.78, 5) is 21.3. The Morgan fingerprint density at radius 3 is 2.48 bits per heavy atom. The monoisotopic (exact) mass is 312 g/mol. The predicted molar refractivity (Wildman–Crippen MR) is 91.1 cm³/mol. The molecule has 1 aromatic heterocycles. The number of amides is 1. The number of aromatic nitrogens is 1. The molecule has 1 unspecified atom stereocenters. The third-order valence-corrected chi connectivity index (χ3v) is 4.69.